The smallest absolute Gasteiger partial charge is 0.418 e. The topological polar surface area (TPSA) is 86.1 Å². The van der Waals surface area contributed by atoms with Crippen molar-refractivity contribution in [3.8, 4) is 5.75 Å². The van der Waals surface area contributed by atoms with Crippen LogP contribution in [-0.4, -0.2) is 34.1 Å². The molecule has 1 saturated carbocycles. The first kappa shape index (κ1) is 21.8. The van der Waals surface area contributed by atoms with E-state index in [9.17, 15) is 22.8 Å². The number of ether oxygens (including phenoxy) is 1. The van der Waals surface area contributed by atoms with Gasteiger partial charge >= 0.3 is 6.18 Å². The summed E-state index contributed by atoms with van der Waals surface area (Å²) in [6, 6.07) is 5.34. The van der Waals surface area contributed by atoms with Crippen LogP contribution in [0.2, 0.25) is 0 Å². The molecular weight excluding hydrogens is 425 g/mol. The van der Waals surface area contributed by atoms with E-state index in [1.165, 1.54) is 7.11 Å². The average Bonchev–Trinajstić information content (AvgIpc) is 3.20. The summed E-state index contributed by atoms with van der Waals surface area (Å²) in [4.78, 5) is 27.2. The number of halogens is 3. The Balaban J connectivity index is 1.62. The van der Waals surface area contributed by atoms with Gasteiger partial charge in [0, 0.05) is 29.8 Å². The monoisotopic (exact) mass is 446 g/mol. The number of benzene rings is 1. The Morgan fingerprint density at radius 3 is 2.66 bits per heavy atom. The third-order valence-electron chi connectivity index (χ3n) is 5.73. The summed E-state index contributed by atoms with van der Waals surface area (Å²) in [5.41, 5.74) is -0.986. The molecule has 3 aromatic rings. The number of nitrogens with zero attached hydrogens (tertiary/aromatic N) is 3. The van der Waals surface area contributed by atoms with E-state index >= 15 is 0 Å². The molecule has 1 aromatic carbocycles. The summed E-state index contributed by atoms with van der Waals surface area (Å²) in [5.74, 6) is -0.633. The molecule has 0 radical (unpaired) electrons. The van der Waals surface area contributed by atoms with Gasteiger partial charge in [0.1, 0.15) is 17.7 Å². The number of hydrogen-bond acceptors (Lipinski definition) is 5. The van der Waals surface area contributed by atoms with Crippen molar-refractivity contribution < 1.29 is 27.5 Å². The number of rotatable bonds is 5. The zero-order valence-corrected chi connectivity index (χ0v) is 17.2. The van der Waals surface area contributed by atoms with Gasteiger partial charge in [-0.25, -0.2) is 0 Å². The van der Waals surface area contributed by atoms with Gasteiger partial charge < -0.3 is 14.8 Å². The van der Waals surface area contributed by atoms with Gasteiger partial charge in [-0.05, 0) is 43.9 Å². The van der Waals surface area contributed by atoms with E-state index in [4.69, 9.17) is 4.74 Å². The average molecular weight is 446 g/mol. The van der Waals surface area contributed by atoms with Crippen molar-refractivity contribution in [3.05, 3.63) is 47.9 Å². The lowest BCUT2D eigenvalue weighted by atomic mass is 9.87. The number of amides is 1. The molecule has 0 aliphatic heterocycles. The molecule has 0 saturated heterocycles. The highest BCUT2D eigenvalue weighted by Gasteiger charge is 2.36. The van der Waals surface area contributed by atoms with Crippen molar-refractivity contribution in [2.24, 2.45) is 5.92 Å². The van der Waals surface area contributed by atoms with Gasteiger partial charge in [-0.1, -0.05) is 0 Å². The van der Waals surface area contributed by atoms with Gasteiger partial charge in [0.2, 0.25) is 0 Å². The Labute approximate surface area is 181 Å². The number of nitrogens with one attached hydrogen (secondary N) is 1. The number of alkyl halides is 3. The lowest BCUT2D eigenvalue weighted by molar-refractivity contribution is -0.138. The van der Waals surface area contributed by atoms with E-state index in [0.29, 0.717) is 10.9 Å². The lowest BCUT2D eigenvalue weighted by Crippen LogP contribution is -2.20. The third-order valence-corrected chi connectivity index (χ3v) is 5.73. The molecule has 0 spiro atoms. The summed E-state index contributed by atoms with van der Waals surface area (Å²) >= 11 is 0. The SMILES string of the molecule is COc1cc2nn(C3CCC(C=O)CC3)cc2cc1NC(=O)c1ncccc1C(F)(F)F. The minimum absolute atomic E-state index is 0.0892. The Bertz CT molecular complexity index is 1150. The normalized spacial score (nSPS) is 19.0. The first-order valence-electron chi connectivity index (χ1n) is 10.2. The number of carbonyl (C=O) groups excluding carboxylic acids is 2. The Morgan fingerprint density at radius 1 is 1.25 bits per heavy atom. The largest absolute Gasteiger partial charge is 0.494 e. The van der Waals surface area contributed by atoms with Crippen LogP contribution in [0.5, 0.6) is 5.75 Å². The van der Waals surface area contributed by atoms with Crippen molar-refractivity contribution in [3.63, 3.8) is 0 Å². The molecule has 4 rings (SSSR count). The molecular formula is C22H21F3N4O3. The van der Waals surface area contributed by atoms with Crippen LogP contribution in [0.25, 0.3) is 10.9 Å². The predicted octanol–water partition coefficient (Wildman–Crippen LogP) is 4.64. The summed E-state index contributed by atoms with van der Waals surface area (Å²) in [6.07, 6.45) is 2.53. The number of anilines is 1. The molecule has 0 atom stereocenters. The molecule has 168 valence electrons. The number of fused-ring (bicyclic) bond motifs is 1. The van der Waals surface area contributed by atoms with Gasteiger partial charge in [-0.15, -0.1) is 0 Å². The van der Waals surface area contributed by atoms with Gasteiger partial charge in [0.15, 0.2) is 0 Å². The molecule has 1 N–H and O–H groups in total. The Hall–Kier alpha value is -3.43. The van der Waals surface area contributed by atoms with Crippen molar-refractivity contribution in [2.45, 2.75) is 37.9 Å². The zero-order chi connectivity index (χ0) is 22.9. The molecule has 1 amide bonds. The van der Waals surface area contributed by atoms with Gasteiger partial charge in [0.05, 0.1) is 29.9 Å². The minimum Gasteiger partial charge on any atom is -0.494 e. The number of methoxy groups -OCH3 is 1. The van der Waals surface area contributed by atoms with Crippen molar-refractivity contribution in [1.82, 2.24) is 14.8 Å². The molecule has 1 fully saturated rings. The van der Waals surface area contributed by atoms with E-state index in [2.05, 4.69) is 15.4 Å². The third kappa shape index (κ3) is 4.30. The van der Waals surface area contributed by atoms with Gasteiger partial charge in [0.25, 0.3) is 5.91 Å². The molecule has 0 bridgehead atoms. The van der Waals surface area contributed by atoms with E-state index < -0.39 is 23.3 Å². The number of carbonyl (C=O) groups is 2. The second-order valence-corrected chi connectivity index (χ2v) is 7.78. The first-order chi connectivity index (χ1) is 15.3. The molecule has 0 unspecified atom stereocenters. The van der Waals surface area contributed by atoms with Crippen molar-refractivity contribution in [1.29, 1.82) is 0 Å². The maximum atomic E-state index is 13.3. The van der Waals surface area contributed by atoms with Crippen LogP contribution < -0.4 is 10.1 Å². The zero-order valence-electron chi connectivity index (χ0n) is 17.2. The molecule has 7 nitrogen and oxygen atoms in total. The Kier molecular flexibility index (Phi) is 5.86. The van der Waals surface area contributed by atoms with Crippen LogP contribution in [-0.2, 0) is 11.0 Å². The summed E-state index contributed by atoms with van der Waals surface area (Å²) in [6.45, 7) is 0. The van der Waals surface area contributed by atoms with Gasteiger partial charge in [-0.2, -0.15) is 18.3 Å². The highest BCUT2D eigenvalue weighted by molar-refractivity contribution is 6.06. The van der Waals surface area contributed by atoms with Crippen molar-refractivity contribution >= 4 is 28.8 Å². The molecule has 1 aliphatic carbocycles. The number of hydrogen-bond donors (Lipinski definition) is 1. The second-order valence-electron chi connectivity index (χ2n) is 7.78. The van der Waals surface area contributed by atoms with E-state index in [-0.39, 0.29) is 23.4 Å². The summed E-state index contributed by atoms with van der Waals surface area (Å²) in [7, 11) is 1.40. The van der Waals surface area contributed by atoms with E-state index in [1.807, 2.05) is 10.9 Å². The van der Waals surface area contributed by atoms with Gasteiger partial charge in [-0.3, -0.25) is 14.5 Å². The molecule has 2 aromatic heterocycles. The maximum Gasteiger partial charge on any atom is 0.418 e. The predicted molar refractivity (Wildman–Crippen MR) is 111 cm³/mol. The highest BCUT2D eigenvalue weighted by atomic mass is 19.4. The Morgan fingerprint density at radius 2 is 2.00 bits per heavy atom. The standard InChI is InChI=1S/C22H21F3N4O3/c1-32-19-10-17-14(11-29(28-17)15-6-4-13(12-30)5-7-15)9-18(19)27-21(31)20-16(22(23,24)25)3-2-8-26-20/h2-3,8-13,15H,4-7H2,1H3,(H,27,31). The fourth-order valence-electron chi connectivity index (χ4n) is 4.02. The van der Waals surface area contributed by atoms with E-state index in [1.54, 1.807) is 12.1 Å². The molecule has 32 heavy (non-hydrogen) atoms. The number of pyridine rings is 1. The summed E-state index contributed by atoms with van der Waals surface area (Å²) < 4.78 is 46.9. The minimum atomic E-state index is -4.71. The molecule has 2 heterocycles. The van der Waals surface area contributed by atoms with Crippen LogP contribution in [0, 0.1) is 5.92 Å². The second kappa shape index (κ2) is 8.60. The van der Waals surface area contributed by atoms with Crippen LogP contribution in [0.3, 0.4) is 0 Å². The molecule has 1 aliphatic rings. The molecule has 10 heteroatoms. The fraction of sp³-hybridized carbons (Fsp3) is 0.364. The summed E-state index contributed by atoms with van der Waals surface area (Å²) in [5, 5.41) is 7.78. The van der Waals surface area contributed by atoms with Crippen LogP contribution in [0.4, 0.5) is 18.9 Å². The highest BCUT2D eigenvalue weighted by Crippen LogP contribution is 2.35. The van der Waals surface area contributed by atoms with Crippen LogP contribution in [0.15, 0.2) is 36.7 Å². The lowest BCUT2D eigenvalue weighted by Gasteiger charge is -2.25. The fourth-order valence-corrected chi connectivity index (χ4v) is 4.02. The maximum absolute atomic E-state index is 13.3. The number of aldehydes is 1. The quantitative estimate of drug-likeness (QED) is 0.577. The van der Waals surface area contributed by atoms with Crippen LogP contribution >= 0.6 is 0 Å². The van der Waals surface area contributed by atoms with Crippen LogP contribution in [0.1, 0.15) is 47.8 Å². The van der Waals surface area contributed by atoms with Crippen molar-refractivity contribution in [2.75, 3.05) is 12.4 Å². The number of aromatic nitrogens is 3. The first-order valence-corrected chi connectivity index (χ1v) is 10.2. The van der Waals surface area contributed by atoms with E-state index in [0.717, 1.165) is 50.3 Å².